The second-order valence-electron chi connectivity index (χ2n) is 4.54. The second kappa shape index (κ2) is 4.38. The van der Waals surface area contributed by atoms with E-state index in [1.807, 2.05) is 6.92 Å². The zero-order valence-electron chi connectivity index (χ0n) is 9.93. The van der Waals surface area contributed by atoms with E-state index >= 15 is 0 Å². The Morgan fingerprint density at radius 3 is 2.61 bits per heavy atom. The Labute approximate surface area is 111 Å². The Bertz CT molecular complexity index is 568. The maximum Gasteiger partial charge on any atom is 0.244 e. The summed E-state index contributed by atoms with van der Waals surface area (Å²) in [4.78, 5) is 0.0246. The number of hydrogen-bond acceptors (Lipinski definition) is 4. The Balaban J connectivity index is 2.28. The van der Waals surface area contributed by atoms with E-state index in [4.69, 9.17) is 17.3 Å². The lowest BCUT2D eigenvalue weighted by atomic mass is 9.94. The average molecular weight is 291 g/mol. The maximum absolute atomic E-state index is 12.2. The molecular formula is C11H15ClN2O3S. The number of halogens is 1. The van der Waals surface area contributed by atoms with Gasteiger partial charge < -0.3 is 10.8 Å². The highest BCUT2D eigenvalue weighted by Crippen LogP contribution is 2.33. The third-order valence-corrected chi connectivity index (χ3v) is 5.45. The van der Waals surface area contributed by atoms with Gasteiger partial charge in [0.25, 0.3) is 0 Å². The Hall–Kier alpha value is -0.820. The number of β-amino-alcohol motifs (C(OH)–C–C–N with tert-alkyl or cyclic N) is 1. The van der Waals surface area contributed by atoms with Crippen LogP contribution in [-0.4, -0.2) is 36.5 Å². The van der Waals surface area contributed by atoms with Crippen LogP contribution in [0.15, 0.2) is 23.1 Å². The van der Waals surface area contributed by atoms with Gasteiger partial charge in [0, 0.05) is 18.8 Å². The summed E-state index contributed by atoms with van der Waals surface area (Å²) in [6.45, 7) is 2.03. The minimum Gasteiger partial charge on any atom is -0.399 e. The van der Waals surface area contributed by atoms with Gasteiger partial charge in [-0.25, -0.2) is 8.42 Å². The molecule has 0 saturated carbocycles. The molecule has 1 aromatic rings. The Kier molecular flexibility index (Phi) is 3.31. The maximum atomic E-state index is 12.2. The zero-order chi connectivity index (χ0) is 13.6. The van der Waals surface area contributed by atoms with Gasteiger partial charge in [-0.1, -0.05) is 18.5 Å². The van der Waals surface area contributed by atoms with Crippen LogP contribution in [0.4, 0.5) is 5.69 Å². The van der Waals surface area contributed by atoms with Crippen molar-refractivity contribution in [2.45, 2.75) is 23.8 Å². The fraction of sp³-hybridized carbons (Fsp3) is 0.455. The molecule has 0 amide bonds. The van der Waals surface area contributed by atoms with Gasteiger partial charge >= 0.3 is 0 Å². The number of sulfonamides is 1. The van der Waals surface area contributed by atoms with Crippen molar-refractivity contribution in [2.75, 3.05) is 18.8 Å². The second-order valence-corrected chi connectivity index (χ2v) is 6.85. The van der Waals surface area contributed by atoms with Crippen LogP contribution < -0.4 is 5.73 Å². The van der Waals surface area contributed by atoms with Crippen molar-refractivity contribution >= 4 is 27.3 Å². The van der Waals surface area contributed by atoms with Gasteiger partial charge in [0.1, 0.15) is 4.90 Å². The number of aliphatic hydroxyl groups is 1. The Morgan fingerprint density at radius 1 is 1.50 bits per heavy atom. The van der Waals surface area contributed by atoms with Crippen LogP contribution >= 0.6 is 11.6 Å². The first-order valence-corrected chi connectivity index (χ1v) is 7.38. The van der Waals surface area contributed by atoms with Crippen LogP contribution in [0.1, 0.15) is 13.3 Å². The molecule has 0 atom stereocenters. The van der Waals surface area contributed by atoms with Crippen LogP contribution in [0.2, 0.25) is 5.02 Å². The summed E-state index contributed by atoms with van der Waals surface area (Å²) < 4.78 is 25.7. The SMILES string of the molecule is CCC1(O)CN(S(=O)(=O)c2ccc(N)cc2Cl)C1. The zero-order valence-corrected chi connectivity index (χ0v) is 11.5. The predicted molar refractivity (Wildman–Crippen MR) is 69.9 cm³/mol. The van der Waals surface area contributed by atoms with E-state index in [1.165, 1.54) is 22.5 Å². The first-order chi connectivity index (χ1) is 8.28. The molecule has 1 aliphatic rings. The highest BCUT2D eigenvalue weighted by atomic mass is 35.5. The third-order valence-electron chi connectivity index (χ3n) is 3.17. The number of nitrogens with zero attached hydrogens (tertiary/aromatic N) is 1. The quantitative estimate of drug-likeness (QED) is 0.816. The van der Waals surface area contributed by atoms with Gasteiger partial charge in [0.2, 0.25) is 10.0 Å². The lowest BCUT2D eigenvalue weighted by molar-refractivity contribution is -0.0613. The van der Waals surface area contributed by atoms with Crippen molar-refractivity contribution in [1.82, 2.24) is 4.31 Å². The van der Waals surface area contributed by atoms with Gasteiger partial charge in [-0.2, -0.15) is 4.31 Å². The minimum atomic E-state index is -3.64. The van der Waals surface area contributed by atoms with Crippen molar-refractivity contribution in [3.8, 4) is 0 Å². The lowest BCUT2D eigenvalue weighted by Gasteiger charge is -2.44. The summed E-state index contributed by atoms with van der Waals surface area (Å²) in [5.74, 6) is 0. The van der Waals surface area contributed by atoms with Gasteiger partial charge in [0.15, 0.2) is 0 Å². The van der Waals surface area contributed by atoms with E-state index in [0.29, 0.717) is 12.1 Å². The number of rotatable bonds is 3. The topological polar surface area (TPSA) is 83.6 Å². The smallest absolute Gasteiger partial charge is 0.244 e. The van der Waals surface area contributed by atoms with E-state index in [1.54, 1.807) is 0 Å². The standard InChI is InChI=1S/C11H15ClN2O3S/c1-2-11(15)6-14(7-11)18(16,17)10-4-3-8(13)5-9(10)12/h3-5,15H,2,6-7,13H2,1H3. The van der Waals surface area contributed by atoms with E-state index in [2.05, 4.69) is 0 Å². The van der Waals surface area contributed by atoms with E-state index in [0.717, 1.165) is 0 Å². The van der Waals surface area contributed by atoms with Crippen LogP contribution in [0.3, 0.4) is 0 Å². The molecule has 18 heavy (non-hydrogen) atoms. The van der Waals surface area contributed by atoms with E-state index in [-0.39, 0.29) is 23.0 Å². The molecule has 0 aliphatic carbocycles. The molecule has 2 rings (SSSR count). The number of anilines is 1. The normalized spacial score (nSPS) is 19.5. The number of hydrogen-bond donors (Lipinski definition) is 2. The molecule has 5 nitrogen and oxygen atoms in total. The summed E-state index contributed by atoms with van der Waals surface area (Å²) in [6.07, 6.45) is 0.522. The molecule has 7 heteroatoms. The molecular weight excluding hydrogens is 276 g/mol. The minimum absolute atomic E-state index is 0.0246. The number of nitrogen functional groups attached to an aromatic ring is 1. The van der Waals surface area contributed by atoms with E-state index in [9.17, 15) is 13.5 Å². The van der Waals surface area contributed by atoms with Crippen molar-refractivity contribution in [2.24, 2.45) is 0 Å². The summed E-state index contributed by atoms with van der Waals surface area (Å²) in [5, 5.41) is 9.95. The Morgan fingerprint density at radius 2 is 2.11 bits per heavy atom. The molecule has 0 aromatic heterocycles. The van der Waals surface area contributed by atoms with Crippen molar-refractivity contribution < 1.29 is 13.5 Å². The van der Waals surface area contributed by atoms with Gasteiger partial charge in [-0.05, 0) is 24.6 Å². The van der Waals surface area contributed by atoms with Crippen molar-refractivity contribution in [3.63, 3.8) is 0 Å². The van der Waals surface area contributed by atoms with Gasteiger partial charge in [-0.3, -0.25) is 0 Å². The lowest BCUT2D eigenvalue weighted by Crippen LogP contribution is -2.62. The molecule has 3 N–H and O–H groups in total. The van der Waals surface area contributed by atoms with Crippen LogP contribution in [0.5, 0.6) is 0 Å². The molecule has 1 heterocycles. The van der Waals surface area contributed by atoms with Gasteiger partial charge in [-0.15, -0.1) is 0 Å². The van der Waals surface area contributed by atoms with Crippen LogP contribution in [-0.2, 0) is 10.0 Å². The summed E-state index contributed by atoms with van der Waals surface area (Å²) in [6, 6.07) is 4.28. The summed E-state index contributed by atoms with van der Waals surface area (Å²) in [7, 11) is -3.64. The fourth-order valence-electron chi connectivity index (χ4n) is 1.87. The first-order valence-electron chi connectivity index (χ1n) is 5.56. The van der Waals surface area contributed by atoms with Crippen molar-refractivity contribution in [3.05, 3.63) is 23.2 Å². The molecule has 0 bridgehead atoms. The average Bonchev–Trinajstić information content (AvgIpc) is 2.24. The third kappa shape index (κ3) is 2.21. The van der Waals surface area contributed by atoms with Crippen molar-refractivity contribution in [1.29, 1.82) is 0 Å². The number of nitrogens with two attached hydrogens (primary N) is 1. The monoisotopic (exact) mass is 290 g/mol. The van der Waals surface area contributed by atoms with E-state index < -0.39 is 15.6 Å². The molecule has 1 fully saturated rings. The summed E-state index contributed by atoms with van der Waals surface area (Å²) >= 11 is 5.90. The molecule has 0 unspecified atom stereocenters. The fourth-order valence-corrected chi connectivity index (χ4v) is 3.99. The highest BCUT2D eigenvalue weighted by Gasteiger charge is 2.46. The molecule has 1 aromatic carbocycles. The molecule has 1 saturated heterocycles. The van der Waals surface area contributed by atoms with Crippen LogP contribution in [0, 0.1) is 0 Å². The number of benzene rings is 1. The molecule has 1 aliphatic heterocycles. The largest absolute Gasteiger partial charge is 0.399 e. The van der Waals surface area contributed by atoms with Crippen LogP contribution in [0.25, 0.3) is 0 Å². The van der Waals surface area contributed by atoms with Gasteiger partial charge in [0.05, 0.1) is 10.6 Å². The molecule has 0 spiro atoms. The highest BCUT2D eigenvalue weighted by molar-refractivity contribution is 7.89. The molecule has 0 radical (unpaired) electrons. The summed E-state index contributed by atoms with van der Waals surface area (Å²) in [5.41, 5.74) is 5.03. The first kappa shape index (κ1) is 13.6. The predicted octanol–water partition coefficient (Wildman–Crippen LogP) is 1.07. The molecule has 100 valence electrons.